The molecule has 2 aliphatic rings. The zero-order valence-electron chi connectivity index (χ0n) is 12.0. The number of carbonyl (C=O) groups excluding carboxylic acids is 2. The number of rotatable bonds is 1. The maximum Gasteiger partial charge on any atom is 0.329 e. The van der Waals surface area contributed by atoms with Gasteiger partial charge in [-0.25, -0.2) is 4.79 Å². The summed E-state index contributed by atoms with van der Waals surface area (Å²) in [5.74, 6) is -0.381. The summed E-state index contributed by atoms with van der Waals surface area (Å²) in [7, 11) is 0. The van der Waals surface area contributed by atoms with Gasteiger partial charge in [-0.2, -0.15) is 0 Å². The number of nitrogens with two attached hydrogens (primary N) is 1. The van der Waals surface area contributed by atoms with E-state index >= 15 is 0 Å². The minimum atomic E-state index is -0.522. The van der Waals surface area contributed by atoms with E-state index in [1.54, 1.807) is 4.90 Å². The van der Waals surface area contributed by atoms with Crippen molar-refractivity contribution in [3.8, 4) is 0 Å². The fraction of sp³-hybridized carbons (Fsp3) is 0.857. The summed E-state index contributed by atoms with van der Waals surface area (Å²) in [6.07, 6.45) is 4.18. The highest BCUT2D eigenvalue weighted by Gasteiger charge is 2.44. The number of hydrogen-bond acceptors (Lipinski definition) is 4. The van der Waals surface area contributed by atoms with Crippen molar-refractivity contribution in [1.82, 2.24) is 4.90 Å². The van der Waals surface area contributed by atoms with Gasteiger partial charge in [0.2, 0.25) is 5.91 Å². The number of carbonyl (C=O) groups is 2. The Bertz CT molecular complexity index is 375. The third-order valence-electron chi connectivity index (χ3n) is 3.81. The molecule has 19 heavy (non-hydrogen) atoms. The van der Waals surface area contributed by atoms with Crippen molar-refractivity contribution in [2.24, 2.45) is 5.73 Å². The Hall–Kier alpha value is -1.10. The number of nitrogens with zero attached hydrogens (tertiary/aromatic N) is 1. The highest BCUT2D eigenvalue weighted by atomic mass is 16.6. The predicted molar refractivity (Wildman–Crippen MR) is 71.3 cm³/mol. The van der Waals surface area contributed by atoms with Crippen LogP contribution in [0.4, 0.5) is 0 Å². The Labute approximate surface area is 114 Å². The summed E-state index contributed by atoms with van der Waals surface area (Å²) in [5, 5.41) is 0. The van der Waals surface area contributed by atoms with Gasteiger partial charge in [-0.3, -0.25) is 4.79 Å². The van der Waals surface area contributed by atoms with E-state index in [9.17, 15) is 9.59 Å². The highest BCUT2D eigenvalue weighted by molar-refractivity contribution is 5.88. The van der Waals surface area contributed by atoms with E-state index in [1.807, 2.05) is 20.8 Å². The minimum Gasteiger partial charge on any atom is -0.458 e. The monoisotopic (exact) mass is 268 g/mol. The molecule has 0 saturated carbocycles. The fourth-order valence-corrected chi connectivity index (χ4v) is 2.99. The average Bonchev–Trinajstić information content (AvgIpc) is 2.64. The molecule has 2 aliphatic heterocycles. The summed E-state index contributed by atoms with van der Waals surface area (Å²) in [6, 6.07) is -0.743. The van der Waals surface area contributed by atoms with Crippen LogP contribution >= 0.6 is 0 Å². The van der Waals surface area contributed by atoms with Gasteiger partial charge in [-0.15, -0.1) is 0 Å². The third-order valence-corrected chi connectivity index (χ3v) is 3.81. The minimum absolute atomic E-state index is 0.0872. The SMILES string of the molecule is CC(C)(C)OC(=O)[C@@H]1CC[C@H]2CCC[C@H](N)C(=O)N21. The normalized spacial score (nSPS) is 31.9. The molecule has 0 bridgehead atoms. The van der Waals surface area contributed by atoms with E-state index in [2.05, 4.69) is 0 Å². The van der Waals surface area contributed by atoms with Gasteiger partial charge in [0, 0.05) is 6.04 Å². The Kier molecular flexibility index (Phi) is 3.85. The lowest BCUT2D eigenvalue weighted by molar-refractivity contribution is -0.164. The molecule has 1 amide bonds. The van der Waals surface area contributed by atoms with E-state index in [4.69, 9.17) is 10.5 Å². The van der Waals surface area contributed by atoms with Crippen molar-refractivity contribution < 1.29 is 14.3 Å². The first-order valence-electron chi connectivity index (χ1n) is 7.10. The van der Waals surface area contributed by atoms with Crippen LogP contribution < -0.4 is 5.73 Å². The average molecular weight is 268 g/mol. The molecule has 0 unspecified atom stereocenters. The van der Waals surface area contributed by atoms with Crippen molar-refractivity contribution in [2.75, 3.05) is 0 Å². The van der Waals surface area contributed by atoms with Crippen LogP contribution in [0.15, 0.2) is 0 Å². The van der Waals surface area contributed by atoms with Crippen molar-refractivity contribution in [3.63, 3.8) is 0 Å². The lowest BCUT2D eigenvalue weighted by atomic mass is 10.1. The van der Waals surface area contributed by atoms with Crippen LogP contribution in [0.5, 0.6) is 0 Å². The summed E-state index contributed by atoms with van der Waals surface area (Å²) < 4.78 is 5.42. The molecule has 2 fully saturated rings. The molecule has 3 atom stereocenters. The van der Waals surface area contributed by atoms with E-state index < -0.39 is 17.7 Å². The second kappa shape index (κ2) is 5.12. The predicted octanol–water partition coefficient (Wildman–Crippen LogP) is 1.20. The molecule has 0 aromatic heterocycles. The van der Waals surface area contributed by atoms with Gasteiger partial charge >= 0.3 is 5.97 Å². The van der Waals surface area contributed by atoms with Crippen molar-refractivity contribution in [2.45, 2.75) is 76.6 Å². The smallest absolute Gasteiger partial charge is 0.329 e. The Balaban J connectivity index is 2.14. The number of amides is 1. The molecule has 0 spiro atoms. The third kappa shape index (κ3) is 3.08. The zero-order valence-corrected chi connectivity index (χ0v) is 12.0. The van der Waals surface area contributed by atoms with Crippen molar-refractivity contribution >= 4 is 11.9 Å². The molecule has 2 N–H and O–H groups in total. The van der Waals surface area contributed by atoms with Crippen LogP contribution in [0.2, 0.25) is 0 Å². The molecule has 5 heteroatoms. The highest BCUT2D eigenvalue weighted by Crippen LogP contribution is 2.32. The number of ether oxygens (including phenoxy) is 1. The second-order valence-corrected chi connectivity index (χ2v) is 6.56. The first-order chi connectivity index (χ1) is 8.79. The number of fused-ring (bicyclic) bond motifs is 1. The van der Waals surface area contributed by atoms with Crippen LogP contribution in [-0.4, -0.2) is 40.5 Å². The molecule has 5 nitrogen and oxygen atoms in total. The first-order valence-corrected chi connectivity index (χ1v) is 7.10. The number of esters is 1. The molecule has 2 heterocycles. The summed E-state index contributed by atoms with van der Waals surface area (Å²) in [5.41, 5.74) is 5.36. The van der Waals surface area contributed by atoms with Gasteiger partial charge in [0.15, 0.2) is 0 Å². The quantitative estimate of drug-likeness (QED) is 0.725. The molecule has 0 radical (unpaired) electrons. The number of hydrogen-bond donors (Lipinski definition) is 1. The molecule has 0 aromatic carbocycles. The Morgan fingerprint density at radius 3 is 2.58 bits per heavy atom. The Morgan fingerprint density at radius 1 is 1.26 bits per heavy atom. The molecule has 108 valence electrons. The van der Waals surface area contributed by atoms with Gasteiger partial charge in [0.1, 0.15) is 11.6 Å². The summed E-state index contributed by atoms with van der Waals surface area (Å²) in [6.45, 7) is 5.52. The van der Waals surface area contributed by atoms with E-state index in [-0.39, 0.29) is 17.9 Å². The maximum absolute atomic E-state index is 12.3. The van der Waals surface area contributed by atoms with Gasteiger partial charge < -0.3 is 15.4 Å². The standard InChI is InChI=1S/C14H24N2O3/c1-14(2,3)19-13(18)11-8-7-9-5-4-6-10(15)12(17)16(9)11/h9-11H,4-8,15H2,1-3H3/t9-,10+,11+/m1/s1. The lowest BCUT2D eigenvalue weighted by Crippen LogP contribution is -2.51. The first kappa shape index (κ1) is 14.3. The largest absolute Gasteiger partial charge is 0.458 e. The molecule has 0 aromatic rings. The second-order valence-electron chi connectivity index (χ2n) is 6.56. The van der Waals surface area contributed by atoms with Gasteiger partial charge in [-0.05, 0) is 52.9 Å². The lowest BCUT2D eigenvalue weighted by Gasteiger charge is -2.31. The fourth-order valence-electron chi connectivity index (χ4n) is 2.99. The van der Waals surface area contributed by atoms with Crippen LogP contribution in [-0.2, 0) is 14.3 Å². The van der Waals surface area contributed by atoms with Gasteiger partial charge in [-0.1, -0.05) is 0 Å². The van der Waals surface area contributed by atoms with Crippen molar-refractivity contribution in [1.29, 1.82) is 0 Å². The van der Waals surface area contributed by atoms with Crippen molar-refractivity contribution in [3.05, 3.63) is 0 Å². The summed E-state index contributed by atoms with van der Waals surface area (Å²) in [4.78, 5) is 26.2. The summed E-state index contributed by atoms with van der Waals surface area (Å²) >= 11 is 0. The topological polar surface area (TPSA) is 72.6 Å². The molecular weight excluding hydrogens is 244 g/mol. The van der Waals surface area contributed by atoms with Gasteiger partial charge in [0.25, 0.3) is 0 Å². The van der Waals surface area contributed by atoms with Crippen LogP contribution in [0.25, 0.3) is 0 Å². The molecule has 2 rings (SSSR count). The van der Waals surface area contributed by atoms with Gasteiger partial charge in [0.05, 0.1) is 6.04 Å². The van der Waals surface area contributed by atoms with E-state index in [1.165, 1.54) is 0 Å². The van der Waals surface area contributed by atoms with E-state index in [0.717, 1.165) is 19.3 Å². The van der Waals surface area contributed by atoms with E-state index in [0.29, 0.717) is 12.8 Å². The Morgan fingerprint density at radius 2 is 1.95 bits per heavy atom. The zero-order chi connectivity index (χ0) is 14.2. The molecular formula is C14H24N2O3. The van der Waals surface area contributed by atoms with Crippen LogP contribution in [0, 0.1) is 0 Å². The molecule has 0 aliphatic carbocycles. The molecule has 2 saturated heterocycles. The van der Waals surface area contributed by atoms with Crippen LogP contribution in [0.3, 0.4) is 0 Å². The van der Waals surface area contributed by atoms with Crippen LogP contribution in [0.1, 0.15) is 52.9 Å². The maximum atomic E-state index is 12.3.